The summed E-state index contributed by atoms with van der Waals surface area (Å²) in [5, 5.41) is 4.79. The molecule has 1 fully saturated rings. The van der Waals surface area contributed by atoms with Crippen molar-refractivity contribution in [1.29, 1.82) is 0 Å². The lowest BCUT2D eigenvalue weighted by Gasteiger charge is -2.19. The van der Waals surface area contributed by atoms with Crippen LogP contribution in [0.3, 0.4) is 0 Å². The van der Waals surface area contributed by atoms with Crippen LogP contribution in [0.1, 0.15) is 48.1 Å². The van der Waals surface area contributed by atoms with Gasteiger partial charge in [-0.05, 0) is 62.1 Å². The molecule has 0 radical (unpaired) electrons. The molecule has 172 valence electrons. The van der Waals surface area contributed by atoms with Crippen molar-refractivity contribution >= 4 is 32.5 Å². The first-order valence-electron chi connectivity index (χ1n) is 11.1. The van der Waals surface area contributed by atoms with Crippen molar-refractivity contribution in [3.05, 3.63) is 70.3 Å². The van der Waals surface area contributed by atoms with Crippen LogP contribution >= 0.6 is 11.6 Å². The topological polar surface area (TPSA) is 78.0 Å². The summed E-state index contributed by atoms with van der Waals surface area (Å²) in [5.41, 5.74) is 5.80. The van der Waals surface area contributed by atoms with E-state index in [-0.39, 0.29) is 23.5 Å². The number of halogens is 1. The first-order valence-corrected chi connectivity index (χ1v) is 13.3. The van der Waals surface area contributed by atoms with Crippen LogP contribution in [0, 0.1) is 13.8 Å². The number of fused-ring (bicyclic) bond motifs is 1. The standard InChI is InChI=1S/C25H26ClN3O3S/c1-15(12-18-4-7-20(26)8-5-18)25-27-22-13-19(24-16(2)28-32-17(24)3)6-9-23(22)29(25)21-10-11-33(30,31)14-21/h4-9,13,15,21H,10-12,14H2,1-3H3/t15-,21-/m1/s1. The summed E-state index contributed by atoms with van der Waals surface area (Å²) in [6.07, 6.45) is 1.40. The molecule has 1 saturated heterocycles. The minimum absolute atomic E-state index is 0.101. The molecule has 0 saturated carbocycles. The zero-order valence-electron chi connectivity index (χ0n) is 18.9. The van der Waals surface area contributed by atoms with Gasteiger partial charge in [0.1, 0.15) is 11.6 Å². The maximum absolute atomic E-state index is 12.3. The van der Waals surface area contributed by atoms with E-state index in [1.165, 1.54) is 5.56 Å². The summed E-state index contributed by atoms with van der Waals surface area (Å²) in [6, 6.07) is 13.9. The maximum atomic E-state index is 12.3. The van der Waals surface area contributed by atoms with Gasteiger partial charge in [0.05, 0.1) is 34.3 Å². The highest BCUT2D eigenvalue weighted by Crippen LogP contribution is 2.36. The molecular weight excluding hydrogens is 458 g/mol. The van der Waals surface area contributed by atoms with E-state index in [4.69, 9.17) is 21.1 Å². The highest BCUT2D eigenvalue weighted by molar-refractivity contribution is 7.91. The SMILES string of the molecule is Cc1noc(C)c1-c1ccc2c(c1)nc([C@H](C)Cc1ccc(Cl)cc1)n2[C@@H]1CCS(=O)(=O)C1. The molecule has 0 aliphatic carbocycles. The molecule has 0 unspecified atom stereocenters. The van der Waals surface area contributed by atoms with Gasteiger partial charge in [0, 0.05) is 16.5 Å². The van der Waals surface area contributed by atoms with Gasteiger partial charge in [-0.2, -0.15) is 0 Å². The average Bonchev–Trinajstić information content (AvgIpc) is 3.43. The average molecular weight is 484 g/mol. The smallest absolute Gasteiger partial charge is 0.152 e. The van der Waals surface area contributed by atoms with Gasteiger partial charge in [-0.15, -0.1) is 0 Å². The maximum Gasteiger partial charge on any atom is 0.152 e. The van der Waals surface area contributed by atoms with Gasteiger partial charge in [0.25, 0.3) is 0 Å². The molecule has 0 N–H and O–H groups in total. The van der Waals surface area contributed by atoms with E-state index in [1.807, 2.05) is 50.2 Å². The Hall–Kier alpha value is -2.64. The lowest BCUT2D eigenvalue weighted by atomic mass is 10.00. The zero-order chi connectivity index (χ0) is 23.3. The number of rotatable bonds is 5. The van der Waals surface area contributed by atoms with Gasteiger partial charge in [0.15, 0.2) is 9.84 Å². The normalized spacial score (nSPS) is 18.7. The van der Waals surface area contributed by atoms with Crippen molar-refractivity contribution in [3.63, 3.8) is 0 Å². The van der Waals surface area contributed by atoms with Crippen molar-refractivity contribution < 1.29 is 12.9 Å². The molecule has 6 nitrogen and oxygen atoms in total. The summed E-state index contributed by atoms with van der Waals surface area (Å²) in [4.78, 5) is 5.04. The highest BCUT2D eigenvalue weighted by atomic mass is 35.5. The Bertz CT molecular complexity index is 1420. The minimum atomic E-state index is -3.04. The van der Waals surface area contributed by atoms with Gasteiger partial charge < -0.3 is 9.09 Å². The molecule has 0 amide bonds. The molecule has 2 atom stereocenters. The Labute approximate surface area is 198 Å². The van der Waals surface area contributed by atoms with Crippen molar-refractivity contribution in [3.8, 4) is 11.1 Å². The number of aryl methyl sites for hydroxylation is 2. The third-order valence-electron chi connectivity index (χ3n) is 6.51. The third kappa shape index (κ3) is 4.20. The highest BCUT2D eigenvalue weighted by Gasteiger charge is 2.33. The Morgan fingerprint density at radius 2 is 1.94 bits per heavy atom. The van der Waals surface area contributed by atoms with Gasteiger partial charge >= 0.3 is 0 Å². The van der Waals surface area contributed by atoms with Crippen LogP contribution in [0.15, 0.2) is 47.0 Å². The fourth-order valence-electron chi connectivity index (χ4n) is 4.94. The Morgan fingerprint density at radius 3 is 2.58 bits per heavy atom. The van der Waals surface area contributed by atoms with E-state index in [9.17, 15) is 8.42 Å². The van der Waals surface area contributed by atoms with Crippen LogP contribution < -0.4 is 0 Å². The van der Waals surface area contributed by atoms with Crippen LogP contribution in [-0.2, 0) is 16.3 Å². The molecule has 0 bridgehead atoms. The molecule has 2 aromatic heterocycles. The minimum Gasteiger partial charge on any atom is -0.361 e. The van der Waals surface area contributed by atoms with E-state index in [0.717, 1.165) is 45.9 Å². The van der Waals surface area contributed by atoms with Gasteiger partial charge in [-0.1, -0.05) is 41.9 Å². The quantitative estimate of drug-likeness (QED) is 0.365. The van der Waals surface area contributed by atoms with E-state index in [2.05, 4.69) is 22.7 Å². The van der Waals surface area contributed by atoms with Crippen LogP contribution in [0.25, 0.3) is 22.2 Å². The molecule has 1 aliphatic rings. The second-order valence-electron chi connectivity index (χ2n) is 9.03. The number of nitrogens with zero attached hydrogens (tertiary/aromatic N) is 3. The molecule has 5 rings (SSSR count). The lowest BCUT2D eigenvalue weighted by Crippen LogP contribution is -2.16. The van der Waals surface area contributed by atoms with E-state index >= 15 is 0 Å². The molecule has 4 aromatic rings. The van der Waals surface area contributed by atoms with Crippen molar-refractivity contribution in [2.45, 2.75) is 45.6 Å². The van der Waals surface area contributed by atoms with Crippen LogP contribution in [-0.4, -0.2) is 34.6 Å². The molecular formula is C25H26ClN3O3S. The molecule has 3 heterocycles. The number of hydrogen-bond acceptors (Lipinski definition) is 5. The monoisotopic (exact) mass is 483 g/mol. The largest absolute Gasteiger partial charge is 0.361 e. The Morgan fingerprint density at radius 1 is 1.18 bits per heavy atom. The van der Waals surface area contributed by atoms with Crippen LogP contribution in [0.5, 0.6) is 0 Å². The number of sulfone groups is 1. The zero-order valence-corrected chi connectivity index (χ0v) is 20.4. The number of aromatic nitrogens is 3. The summed E-state index contributed by atoms with van der Waals surface area (Å²) in [5.74, 6) is 2.16. The summed E-state index contributed by atoms with van der Waals surface area (Å²) < 4.78 is 32.1. The molecule has 1 aliphatic heterocycles. The molecule has 0 spiro atoms. The fourth-order valence-corrected chi connectivity index (χ4v) is 6.77. The third-order valence-corrected chi connectivity index (χ3v) is 8.51. The molecule has 8 heteroatoms. The van der Waals surface area contributed by atoms with Crippen LogP contribution in [0.2, 0.25) is 5.02 Å². The Balaban J connectivity index is 1.61. The fraction of sp³-hybridized carbons (Fsp3) is 0.360. The first kappa shape index (κ1) is 22.2. The second kappa shape index (κ2) is 8.29. The van der Waals surface area contributed by atoms with E-state index < -0.39 is 9.84 Å². The van der Waals surface area contributed by atoms with Crippen molar-refractivity contribution in [2.75, 3.05) is 11.5 Å². The van der Waals surface area contributed by atoms with Crippen molar-refractivity contribution in [1.82, 2.24) is 14.7 Å². The van der Waals surface area contributed by atoms with Gasteiger partial charge in [0.2, 0.25) is 0 Å². The van der Waals surface area contributed by atoms with Gasteiger partial charge in [-0.3, -0.25) is 0 Å². The van der Waals surface area contributed by atoms with Crippen LogP contribution in [0.4, 0.5) is 0 Å². The van der Waals surface area contributed by atoms with Crippen molar-refractivity contribution in [2.24, 2.45) is 0 Å². The van der Waals surface area contributed by atoms with E-state index in [1.54, 1.807) is 0 Å². The summed E-state index contributed by atoms with van der Waals surface area (Å²) in [7, 11) is -3.04. The molecule has 33 heavy (non-hydrogen) atoms. The van der Waals surface area contributed by atoms with E-state index in [0.29, 0.717) is 11.4 Å². The number of benzene rings is 2. The predicted octanol–water partition coefficient (Wildman–Crippen LogP) is 5.67. The van der Waals surface area contributed by atoms with Gasteiger partial charge in [-0.25, -0.2) is 13.4 Å². The Kier molecular flexibility index (Phi) is 5.57. The molecule has 2 aromatic carbocycles. The first-order chi connectivity index (χ1) is 15.7. The summed E-state index contributed by atoms with van der Waals surface area (Å²) in [6.45, 7) is 5.98. The number of imidazole rings is 1. The number of hydrogen-bond donors (Lipinski definition) is 0. The summed E-state index contributed by atoms with van der Waals surface area (Å²) >= 11 is 6.05. The second-order valence-corrected chi connectivity index (χ2v) is 11.7. The lowest BCUT2D eigenvalue weighted by molar-refractivity contribution is 0.393. The predicted molar refractivity (Wildman–Crippen MR) is 131 cm³/mol.